The molecule has 2 N–H and O–H groups in total. The molecule has 0 saturated carbocycles. The molecule has 0 spiro atoms. The molecule has 3 nitrogen and oxygen atoms in total. The molecule has 0 heterocycles. The molecule has 3 heteroatoms. The summed E-state index contributed by atoms with van der Waals surface area (Å²) < 4.78 is 11.3. The van der Waals surface area contributed by atoms with Crippen LogP contribution in [0.4, 0.5) is 0 Å². The summed E-state index contributed by atoms with van der Waals surface area (Å²) in [6, 6.07) is 5.81. The lowest BCUT2D eigenvalue weighted by molar-refractivity contribution is 0.311. The molecule has 0 amide bonds. The molecule has 0 unspecified atom stereocenters. The van der Waals surface area contributed by atoms with E-state index in [0.29, 0.717) is 13.2 Å². The Labute approximate surface area is 110 Å². The van der Waals surface area contributed by atoms with Crippen LogP contribution in [0, 0.1) is 0 Å². The van der Waals surface area contributed by atoms with Gasteiger partial charge in [-0.05, 0) is 32.4 Å². The van der Waals surface area contributed by atoms with E-state index in [4.69, 9.17) is 15.2 Å². The second kappa shape index (κ2) is 7.77. The zero-order valence-corrected chi connectivity index (χ0v) is 11.5. The van der Waals surface area contributed by atoms with Gasteiger partial charge in [0.25, 0.3) is 0 Å². The quantitative estimate of drug-likeness (QED) is 0.754. The van der Waals surface area contributed by atoms with Crippen LogP contribution in [0.1, 0.15) is 32.8 Å². The van der Waals surface area contributed by atoms with E-state index in [2.05, 4.69) is 6.92 Å². The fourth-order valence-electron chi connectivity index (χ4n) is 1.45. The summed E-state index contributed by atoms with van der Waals surface area (Å²) in [6.45, 7) is 7.93. The van der Waals surface area contributed by atoms with Crippen LogP contribution in [-0.4, -0.2) is 13.2 Å². The van der Waals surface area contributed by atoms with Crippen molar-refractivity contribution >= 4 is 0 Å². The van der Waals surface area contributed by atoms with Crippen molar-refractivity contribution in [1.29, 1.82) is 0 Å². The third-order valence-corrected chi connectivity index (χ3v) is 2.46. The fourth-order valence-corrected chi connectivity index (χ4v) is 1.45. The number of benzene rings is 1. The van der Waals surface area contributed by atoms with Gasteiger partial charge in [-0.3, -0.25) is 0 Å². The predicted molar refractivity (Wildman–Crippen MR) is 75.0 cm³/mol. The summed E-state index contributed by atoms with van der Waals surface area (Å²) in [4.78, 5) is 0. The third kappa shape index (κ3) is 4.80. The Kier molecular flexibility index (Phi) is 6.29. The Hall–Kier alpha value is -1.48. The van der Waals surface area contributed by atoms with Crippen LogP contribution >= 0.6 is 0 Å². The van der Waals surface area contributed by atoms with Gasteiger partial charge in [-0.15, -0.1) is 0 Å². The van der Waals surface area contributed by atoms with Crippen molar-refractivity contribution in [3.8, 4) is 11.5 Å². The highest BCUT2D eigenvalue weighted by Crippen LogP contribution is 2.25. The summed E-state index contributed by atoms with van der Waals surface area (Å²) in [5, 5.41) is 0. The molecule has 1 aromatic carbocycles. The number of hydrogen-bond donors (Lipinski definition) is 1. The number of ether oxygens (including phenoxy) is 2. The predicted octanol–water partition coefficient (Wildman–Crippen LogP) is 3.28. The molecular weight excluding hydrogens is 226 g/mol. The molecule has 100 valence electrons. The molecule has 0 aliphatic heterocycles. The van der Waals surface area contributed by atoms with E-state index in [1.165, 1.54) is 5.57 Å². The lowest BCUT2D eigenvalue weighted by Crippen LogP contribution is -2.04. The van der Waals surface area contributed by atoms with E-state index >= 15 is 0 Å². The maximum Gasteiger partial charge on any atom is 0.127 e. The third-order valence-electron chi connectivity index (χ3n) is 2.46. The average molecular weight is 249 g/mol. The summed E-state index contributed by atoms with van der Waals surface area (Å²) in [5.74, 6) is 1.64. The van der Waals surface area contributed by atoms with Gasteiger partial charge in [0.05, 0.1) is 6.61 Å². The molecular formula is C15H23NO2. The zero-order chi connectivity index (χ0) is 13.4. The number of rotatable bonds is 7. The van der Waals surface area contributed by atoms with Crippen LogP contribution < -0.4 is 15.2 Å². The molecule has 0 saturated heterocycles. The molecule has 0 radical (unpaired) electrons. The van der Waals surface area contributed by atoms with E-state index in [-0.39, 0.29) is 0 Å². The first-order valence-electron chi connectivity index (χ1n) is 6.39. The van der Waals surface area contributed by atoms with Gasteiger partial charge in [0.2, 0.25) is 0 Å². The Morgan fingerprint density at radius 1 is 1.28 bits per heavy atom. The first kappa shape index (κ1) is 14.6. The summed E-state index contributed by atoms with van der Waals surface area (Å²) >= 11 is 0. The fraction of sp³-hybridized carbons (Fsp3) is 0.467. The number of allylic oxidation sites excluding steroid dienone is 1. The van der Waals surface area contributed by atoms with Crippen molar-refractivity contribution in [3.63, 3.8) is 0 Å². The smallest absolute Gasteiger partial charge is 0.127 e. The largest absolute Gasteiger partial charge is 0.493 e. The van der Waals surface area contributed by atoms with Gasteiger partial charge in [-0.2, -0.15) is 0 Å². The topological polar surface area (TPSA) is 44.5 Å². The van der Waals surface area contributed by atoms with Gasteiger partial charge < -0.3 is 15.2 Å². The first-order valence-corrected chi connectivity index (χ1v) is 6.39. The van der Waals surface area contributed by atoms with Gasteiger partial charge in [-0.25, -0.2) is 0 Å². The molecule has 18 heavy (non-hydrogen) atoms. The highest BCUT2D eigenvalue weighted by molar-refractivity contribution is 5.40. The Bertz CT molecular complexity index is 395. The Morgan fingerprint density at radius 2 is 2.06 bits per heavy atom. The van der Waals surface area contributed by atoms with Gasteiger partial charge in [0, 0.05) is 18.2 Å². The van der Waals surface area contributed by atoms with Crippen LogP contribution in [0.5, 0.6) is 11.5 Å². The maximum atomic E-state index is 5.72. The van der Waals surface area contributed by atoms with Crippen molar-refractivity contribution in [2.45, 2.75) is 33.7 Å². The molecule has 0 bridgehead atoms. The van der Waals surface area contributed by atoms with Crippen molar-refractivity contribution in [1.82, 2.24) is 0 Å². The molecule has 0 aliphatic rings. The lowest BCUT2D eigenvalue weighted by Gasteiger charge is -2.12. The van der Waals surface area contributed by atoms with Crippen LogP contribution in [0.2, 0.25) is 0 Å². The molecule has 0 fully saturated rings. The minimum absolute atomic E-state index is 0.470. The minimum Gasteiger partial charge on any atom is -0.493 e. The summed E-state index contributed by atoms with van der Waals surface area (Å²) in [5.41, 5.74) is 7.94. The highest BCUT2D eigenvalue weighted by atomic mass is 16.5. The van der Waals surface area contributed by atoms with Crippen LogP contribution in [-0.2, 0) is 6.54 Å². The van der Waals surface area contributed by atoms with Crippen LogP contribution in [0.3, 0.4) is 0 Å². The second-order valence-electron chi connectivity index (χ2n) is 4.41. The minimum atomic E-state index is 0.470. The standard InChI is InChI=1S/C15H23NO2/c1-4-8-17-14-6-5-13(11-16)15(10-14)18-9-7-12(2)3/h5-7,10H,4,8-9,11,16H2,1-3H3. The Morgan fingerprint density at radius 3 is 2.67 bits per heavy atom. The van der Waals surface area contributed by atoms with E-state index in [9.17, 15) is 0 Å². The van der Waals surface area contributed by atoms with Gasteiger partial charge >= 0.3 is 0 Å². The molecule has 0 atom stereocenters. The van der Waals surface area contributed by atoms with Crippen LogP contribution in [0.15, 0.2) is 29.8 Å². The van der Waals surface area contributed by atoms with Crippen molar-refractivity contribution in [2.24, 2.45) is 5.73 Å². The first-order chi connectivity index (χ1) is 8.67. The van der Waals surface area contributed by atoms with E-state index in [0.717, 1.165) is 30.1 Å². The SMILES string of the molecule is CCCOc1ccc(CN)c(OCC=C(C)C)c1. The number of nitrogens with two attached hydrogens (primary N) is 1. The van der Waals surface area contributed by atoms with Gasteiger partial charge in [0.15, 0.2) is 0 Å². The van der Waals surface area contributed by atoms with Gasteiger partial charge in [0.1, 0.15) is 18.1 Å². The normalized spacial score (nSPS) is 10.0. The van der Waals surface area contributed by atoms with Crippen LogP contribution in [0.25, 0.3) is 0 Å². The van der Waals surface area contributed by atoms with Crippen molar-refractivity contribution in [3.05, 3.63) is 35.4 Å². The van der Waals surface area contributed by atoms with E-state index in [1.54, 1.807) is 0 Å². The highest BCUT2D eigenvalue weighted by Gasteiger charge is 2.04. The monoisotopic (exact) mass is 249 g/mol. The maximum absolute atomic E-state index is 5.72. The lowest BCUT2D eigenvalue weighted by atomic mass is 10.2. The molecule has 1 aromatic rings. The molecule has 0 aromatic heterocycles. The zero-order valence-electron chi connectivity index (χ0n) is 11.5. The van der Waals surface area contributed by atoms with Crippen molar-refractivity contribution < 1.29 is 9.47 Å². The second-order valence-corrected chi connectivity index (χ2v) is 4.41. The van der Waals surface area contributed by atoms with Crippen molar-refractivity contribution in [2.75, 3.05) is 13.2 Å². The summed E-state index contributed by atoms with van der Waals surface area (Å²) in [7, 11) is 0. The molecule has 0 aliphatic carbocycles. The van der Waals surface area contributed by atoms with E-state index in [1.807, 2.05) is 38.1 Å². The molecule has 1 rings (SSSR count). The van der Waals surface area contributed by atoms with E-state index < -0.39 is 0 Å². The Balaban J connectivity index is 2.75. The summed E-state index contributed by atoms with van der Waals surface area (Å²) in [6.07, 6.45) is 3.03. The van der Waals surface area contributed by atoms with Gasteiger partial charge in [-0.1, -0.05) is 18.6 Å². The number of hydrogen-bond acceptors (Lipinski definition) is 3. The average Bonchev–Trinajstić information content (AvgIpc) is 2.36.